The van der Waals surface area contributed by atoms with Gasteiger partial charge in [0.25, 0.3) is 0 Å². The first-order valence-electron chi connectivity index (χ1n) is 6.48. The normalized spacial score (nSPS) is 10.6. The van der Waals surface area contributed by atoms with Crippen LogP contribution in [-0.2, 0) is 4.79 Å². The number of nitrogens with zero attached hydrogens (tertiary/aromatic N) is 2. The molecule has 0 aliphatic rings. The number of benzene rings is 1. The highest BCUT2D eigenvalue weighted by atomic mass is 16.6. The van der Waals surface area contributed by atoms with Gasteiger partial charge in [-0.15, -0.1) is 0 Å². The number of hydrogen-bond acceptors (Lipinski definition) is 5. The van der Waals surface area contributed by atoms with Crippen molar-refractivity contribution < 1.29 is 14.2 Å². The number of carbonyl (C=O) groups excluding carboxylic acids is 1. The number of nitrogens with one attached hydrogen (secondary N) is 1. The fourth-order valence-corrected chi connectivity index (χ4v) is 1.60. The monoisotopic (exact) mass is 275 g/mol. The number of carbonyl (C=O) groups is 1. The van der Waals surface area contributed by atoms with E-state index in [9.17, 15) is 4.79 Å². The molecule has 0 unspecified atom stereocenters. The predicted octanol–water partition coefficient (Wildman–Crippen LogP) is 2.73. The van der Waals surface area contributed by atoms with Crippen LogP contribution in [0.4, 0.5) is 5.82 Å². The molecule has 106 valence electrons. The Balaban J connectivity index is 2.21. The maximum absolute atomic E-state index is 11.7. The van der Waals surface area contributed by atoms with Gasteiger partial charge in [-0.3, -0.25) is 4.79 Å². The largest absolute Gasteiger partial charge is 0.494 e. The Labute approximate surface area is 117 Å². The zero-order chi connectivity index (χ0) is 14.5. The molecule has 1 aromatic heterocycles. The summed E-state index contributed by atoms with van der Waals surface area (Å²) in [6.07, 6.45) is 0. The molecule has 0 aliphatic heterocycles. The lowest BCUT2D eigenvalue weighted by Crippen LogP contribution is -2.18. The van der Waals surface area contributed by atoms with Crippen molar-refractivity contribution in [2.75, 3.05) is 11.9 Å². The Morgan fingerprint density at radius 3 is 2.60 bits per heavy atom. The molecular weight excluding hydrogens is 258 g/mol. The predicted molar refractivity (Wildman–Crippen MR) is 74.4 cm³/mol. The fourth-order valence-electron chi connectivity index (χ4n) is 1.60. The van der Waals surface area contributed by atoms with E-state index >= 15 is 0 Å². The van der Waals surface area contributed by atoms with Crippen LogP contribution in [-0.4, -0.2) is 22.8 Å². The first kappa shape index (κ1) is 14.0. The van der Waals surface area contributed by atoms with E-state index in [1.165, 1.54) is 0 Å². The van der Waals surface area contributed by atoms with Crippen molar-refractivity contribution in [3.63, 3.8) is 0 Å². The molecule has 1 heterocycles. The fraction of sp³-hybridized carbons (Fsp3) is 0.357. The number of ether oxygens (including phenoxy) is 1. The first-order chi connectivity index (χ1) is 9.61. The summed E-state index contributed by atoms with van der Waals surface area (Å²) >= 11 is 0. The Kier molecular flexibility index (Phi) is 4.34. The molecule has 6 nitrogen and oxygen atoms in total. The summed E-state index contributed by atoms with van der Waals surface area (Å²) in [6, 6.07) is 7.36. The molecular formula is C14H17N3O3. The first-order valence-corrected chi connectivity index (χ1v) is 6.48. The van der Waals surface area contributed by atoms with Crippen molar-refractivity contribution in [3.05, 3.63) is 24.3 Å². The van der Waals surface area contributed by atoms with Gasteiger partial charge in [0.2, 0.25) is 11.7 Å². The summed E-state index contributed by atoms with van der Waals surface area (Å²) in [5.41, 5.74) is 1.30. The van der Waals surface area contributed by atoms with E-state index in [2.05, 4.69) is 15.6 Å². The third-order valence-corrected chi connectivity index (χ3v) is 2.69. The van der Waals surface area contributed by atoms with Gasteiger partial charge in [0.1, 0.15) is 5.75 Å². The third-order valence-electron chi connectivity index (χ3n) is 2.69. The second-order valence-electron chi connectivity index (χ2n) is 4.56. The van der Waals surface area contributed by atoms with Crippen LogP contribution < -0.4 is 10.1 Å². The Hall–Kier alpha value is -2.37. The van der Waals surface area contributed by atoms with Gasteiger partial charge in [0.05, 0.1) is 6.61 Å². The molecule has 1 N–H and O–H groups in total. The van der Waals surface area contributed by atoms with Gasteiger partial charge in [-0.25, -0.2) is 4.63 Å². The highest BCUT2D eigenvalue weighted by molar-refractivity contribution is 5.94. The van der Waals surface area contributed by atoms with Gasteiger partial charge < -0.3 is 10.1 Å². The molecule has 20 heavy (non-hydrogen) atoms. The molecule has 0 spiro atoms. The van der Waals surface area contributed by atoms with Crippen LogP contribution in [0.1, 0.15) is 20.8 Å². The van der Waals surface area contributed by atoms with Crippen molar-refractivity contribution in [2.45, 2.75) is 20.8 Å². The number of amides is 1. The lowest BCUT2D eigenvalue weighted by atomic mass is 10.1. The van der Waals surface area contributed by atoms with Crippen LogP contribution in [0.15, 0.2) is 28.9 Å². The molecule has 2 rings (SSSR count). The zero-order valence-corrected chi connectivity index (χ0v) is 11.7. The van der Waals surface area contributed by atoms with Gasteiger partial charge >= 0.3 is 0 Å². The molecule has 1 aromatic carbocycles. The molecule has 0 saturated carbocycles. The van der Waals surface area contributed by atoms with Crippen molar-refractivity contribution in [1.82, 2.24) is 10.3 Å². The van der Waals surface area contributed by atoms with E-state index in [0.29, 0.717) is 18.1 Å². The molecule has 6 heteroatoms. The lowest BCUT2D eigenvalue weighted by molar-refractivity contribution is -0.118. The molecule has 0 aliphatic carbocycles. The maximum Gasteiger partial charge on any atom is 0.228 e. The molecule has 2 aromatic rings. The summed E-state index contributed by atoms with van der Waals surface area (Å²) < 4.78 is 10.1. The molecule has 0 fully saturated rings. The lowest BCUT2D eigenvalue weighted by Gasteiger charge is -2.06. The third kappa shape index (κ3) is 3.14. The quantitative estimate of drug-likeness (QED) is 0.907. The highest BCUT2D eigenvalue weighted by Gasteiger charge is 2.16. The smallest absolute Gasteiger partial charge is 0.228 e. The van der Waals surface area contributed by atoms with Crippen molar-refractivity contribution in [2.24, 2.45) is 5.92 Å². The van der Waals surface area contributed by atoms with Crippen molar-refractivity contribution >= 4 is 11.7 Å². The standard InChI is InChI=1S/C14H17N3O3/c1-4-19-11-7-5-10(6-8-11)12-13(17-20-16-12)15-14(18)9(2)3/h5-9H,4H2,1-3H3,(H,15,17,18). The minimum atomic E-state index is -0.139. The average Bonchev–Trinajstić information content (AvgIpc) is 2.88. The summed E-state index contributed by atoms with van der Waals surface area (Å²) in [7, 11) is 0. The van der Waals surface area contributed by atoms with Gasteiger partial charge in [0.15, 0.2) is 5.69 Å². The minimum absolute atomic E-state index is 0.132. The summed E-state index contributed by atoms with van der Waals surface area (Å²) in [5, 5.41) is 10.2. The average molecular weight is 275 g/mol. The molecule has 1 amide bonds. The van der Waals surface area contributed by atoms with Gasteiger partial charge in [0, 0.05) is 11.5 Å². The van der Waals surface area contributed by atoms with Crippen LogP contribution in [0.2, 0.25) is 0 Å². The topological polar surface area (TPSA) is 77.2 Å². The minimum Gasteiger partial charge on any atom is -0.494 e. The van der Waals surface area contributed by atoms with E-state index in [0.717, 1.165) is 11.3 Å². The van der Waals surface area contributed by atoms with E-state index < -0.39 is 0 Å². The van der Waals surface area contributed by atoms with E-state index in [-0.39, 0.29) is 11.8 Å². The van der Waals surface area contributed by atoms with Gasteiger partial charge in [-0.1, -0.05) is 13.8 Å². The van der Waals surface area contributed by atoms with Crippen molar-refractivity contribution in [1.29, 1.82) is 0 Å². The second kappa shape index (κ2) is 6.18. The second-order valence-corrected chi connectivity index (χ2v) is 4.56. The molecule has 0 atom stereocenters. The maximum atomic E-state index is 11.7. The van der Waals surface area contributed by atoms with E-state index in [4.69, 9.17) is 9.37 Å². The molecule has 0 saturated heterocycles. The Morgan fingerprint density at radius 1 is 1.30 bits per heavy atom. The number of anilines is 1. The SMILES string of the molecule is CCOc1ccc(-c2nonc2NC(=O)C(C)C)cc1. The van der Waals surface area contributed by atoms with Gasteiger partial charge in [-0.2, -0.15) is 0 Å². The summed E-state index contributed by atoms with van der Waals surface area (Å²) in [6.45, 7) is 6.15. The zero-order valence-electron chi connectivity index (χ0n) is 11.7. The van der Waals surface area contributed by atoms with Crippen LogP contribution in [0, 0.1) is 5.92 Å². The van der Waals surface area contributed by atoms with Crippen LogP contribution in [0.5, 0.6) is 5.75 Å². The van der Waals surface area contributed by atoms with Crippen molar-refractivity contribution in [3.8, 4) is 17.0 Å². The molecule has 0 radical (unpaired) electrons. The van der Waals surface area contributed by atoms with Crippen LogP contribution >= 0.6 is 0 Å². The highest BCUT2D eigenvalue weighted by Crippen LogP contribution is 2.26. The number of hydrogen-bond donors (Lipinski definition) is 1. The Morgan fingerprint density at radius 2 is 2.00 bits per heavy atom. The molecule has 0 bridgehead atoms. The summed E-state index contributed by atoms with van der Waals surface area (Å²) in [4.78, 5) is 11.7. The summed E-state index contributed by atoms with van der Waals surface area (Å²) in [5.74, 6) is 0.834. The number of rotatable bonds is 5. The van der Waals surface area contributed by atoms with Crippen LogP contribution in [0.3, 0.4) is 0 Å². The van der Waals surface area contributed by atoms with Crippen LogP contribution in [0.25, 0.3) is 11.3 Å². The Bertz CT molecular complexity index is 576. The van der Waals surface area contributed by atoms with Gasteiger partial charge in [-0.05, 0) is 41.5 Å². The van der Waals surface area contributed by atoms with E-state index in [1.807, 2.05) is 31.2 Å². The number of aromatic nitrogens is 2. The van der Waals surface area contributed by atoms with E-state index in [1.54, 1.807) is 13.8 Å².